The van der Waals surface area contributed by atoms with E-state index >= 15 is 0 Å². The van der Waals surface area contributed by atoms with Crippen LogP contribution < -0.4 is 5.32 Å². The van der Waals surface area contributed by atoms with Gasteiger partial charge in [-0.05, 0) is 44.4 Å². The molecule has 0 fully saturated rings. The van der Waals surface area contributed by atoms with Crippen LogP contribution in [0.1, 0.15) is 31.3 Å². The number of nitrogens with one attached hydrogen (secondary N) is 1. The minimum Gasteiger partial charge on any atom is -0.385 e. The molecule has 2 rings (SSSR count). The van der Waals surface area contributed by atoms with E-state index in [0.29, 0.717) is 6.04 Å². The molecule has 108 valence electrons. The number of hydrogen-bond donors (Lipinski definition) is 1. The fraction of sp³-hybridized carbons (Fsp3) is 0.438. The Morgan fingerprint density at radius 1 is 1.30 bits per heavy atom. The summed E-state index contributed by atoms with van der Waals surface area (Å²) in [6.45, 7) is 9.39. The number of aromatic nitrogens is 1. The molecule has 0 radical (unpaired) electrons. The van der Waals surface area contributed by atoms with Gasteiger partial charge in [-0.25, -0.2) is 0 Å². The summed E-state index contributed by atoms with van der Waals surface area (Å²) in [4.78, 5) is 8.35. The van der Waals surface area contributed by atoms with Gasteiger partial charge < -0.3 is 5.32 Å². The summed E-state index contributed by atoms with van der Waals surface area (Å²) in [5.74, 6) is 0. The van der Waals surface area contributed by atoms with E-state index in [1.54, 1.807) is 0 Å². The Morgan fingerprint density at radius 2 is 2.15 bits per heavy atom. The zero-order valence-electron chi connectivity index (χ0n) is 12.5. The molecule has 0 saturated carbocycles. The molecule has 3 nitrogen and oxygen atoms in total. The lowest BCUT2D eigenvalue weighted by Gasteiger charge is -2.25. The van der Waals surface area contributed by atoms with Crippen molar-refractivity contribution in [3.05, 3.63) is 46.4 Å². The summed E-state index contributed by atoms with van der Waals surface area (Å²) >= 11 is 1.82. The van der Waals surface area contributed by atoms with E-state index < -0.39 is 0 Å². The highest BCUT2D eigenvalue weighted by atomic mass is 32.1. The molecule has 0 unspecified atom stereocenters. The van der Waals surface area contributed by atoms with Crippen molar-refractivity contribution < 1.29 is 0 Å². The highest BCUT2D eigenvalue weighted by Crippen LogP contribution is 2.17. The lowest BCUT2D eigenvalue weighted by atomic mass is 10.2. The predicted molar refractivity (Wildman–Crippen MR) is 87.1 cm³/mol. The van der Waals surface area contributed by atoms with E-state index in [1.165, 1.54) is 4.88 Å². The third-order valence-corrected chi connectivity index (χ3v) is 4.09. The molecule has 2 aromatic heterocycles. The van der Waals surface area contributed by atoms with Crippen LogP contribution >= 0.6 is 11.3 Å². The molecule has 0 aliphatic carbocycles. The van der Waals surface area contributed by atoms with Gasteiger partial charge in [-0.15, -0.1) is 11.3 Å². The second-order valence-electron chi connectivity index (χ2n) is 5.14. The van der Waals surface area contributed by atoms with Crippen molar-refractivity contribution in [1.29, 1.82) is 0 Å². The molecule has 20 heavy (non-hydrogen) atoms. The van der Waals surface area contributed by atoms with Gasteiger partial charge >= 0.3 is 0 Å². The predicted octanol–water partition coefficient (Wildman–Crippen LogP) is 3.99. The summed E-state index contributed by atoms with van der Waals surface area (Å²) in [6.07, 6.45) is 1.89. The number of rotatable bonds is 7. The molecule has 0 spiro atoms. The van der Waals surface area contributed by atoms with Crippen LogP contribution in [0.15, 0.2) is 35.8 Å². The Morgan fingerprint density at radius 3 is 2.80 bits per heavy atom. The van der Waals surface area contributed by atoms with Crippen LogP contribution in [0.5, 0.6) is 0 Å². The van der Waals surface area contributed by atoms with Crippen LogP contribution in [0.3, 0.4) is 0 Å². The number of pyridine rings is 1. The minimum absolute atomic E-state index is 0.502. The SMILES string of the molecule is CCNc1ccnc(CN(Cc2cccs2)C(C)C)c1. The third-order valence-electron chi connectivity index (χ3n) is 3.23. The average Bonchev–Trinajstić information content (AvgIpc) is 2.92. The molecular formula is C16H23N3S. The summed E-state index contributed by atoms with van der Waals surface area (Å²) in [6, 6.07) is 8.98. The van der Waals surface area contributed by atoms with Gasteiger partial charge in [0.15, 0.2) is 0 Å². The van der Waals surface area contributed by atoms with Crippen molar-refractivity contribution in [2.45, 2.75) is 39.9 Å². The van der Waals surface area contributed by atoms with Crippen LogP contribution in [-0.2, 0) is 13.1 Å². The maximum atomic E-state index is 4.49. The largest absolute Gasteiger partial charge is 0.385 e. The molecule has 4 heteroatoms. The second kappa shape index (κ2) is 7.41. The molecular weight excluding hydrogens is 266 g/mol. The van der Waals surface area contributed by atoms with E-state index in [1.807, 2.05) is 23.6 Å². The van der Waals surface area contributed by atoms with E-state index in [2.05, 4.69) is 59.6 Å². The Bertz CT molecular complexity index is 508. The standard InChI is InChI=1S/C16H23N3S/c1-4-17-14-7-8-18-15(10-14)11-19(13(2)3)12-16-6-5-9-20-16/h5-10,13H,4,11-12H2,1-3H3,(H,17,18). The quantitative estimate of drug-likeness (QED) is 0.835. The fourth-order valence-electron chi connectivity index (χ4n) is 2.11. The molecule has 0 amide bonds. The van der Waals surface area contributed by atoms with Crippen molar-refractivity contribution in [2.75, 3.05) is 11.9 Å². The van der Waals surface area contributed by atoms with Crippen molar-refractivity contribution >= 4 is 17.0 Å². The van der Waals surface area contributed by atoms with Crippen LogP contribution in [-0.4, -0.2) is 22.5 Å². The highest BCUT2D eigenvalue weighted by molar-refractivity contribution is 7.09. The maximum absolute atomic E-state index is 4.49. The first-order chi connectivity index (χ1) is 9.69. The Kier molecular flexibility index (Phi) is 5.56. The van der Waals surface area contributed by atoms with Crippen LogP contribution in [0, 0.1) is 0 Å². The maximum Gasteiger partial charge on any atom is 0.0564 e. The first-order valence-electron chi connectivity index (χ1n) is 7.14. The zero-order valence-corrected chi connectivity index (χ0v) is 13.3. The molecule has 0 aliphatic heterocycles. The zero-order chi connectivity index (χ0) is 14.4. The molecule has 1 N–H and O–H groups in total. The van der Waals surface area contributed by atoms with Gasteiger partial charge in [0.25, 0.3) is 0 Å². The Balaban J connectivity index is 2.05. The fourth-order valence-corrected chi connectivity index (χ4v) is 2.84. The summed E-state index contributed by atoms with van der Waals surface area (Å²) < 4.78 is 0. The van der Waals surface area contributed by atoms with Crippen molar-refractivity contribution in [2.24, 2.45) is 0 Å². The number of thiophene rings is 1. The van der Waals surface area contributed by atoms with Gasteiger partial charge in [-0.2, -0.15) is 0 Å². The molecule has 0 atom stereocenters. The summed E-state index contributed by atoms with van der Waals surface area (Å²) in [5, 5.41) is 5.48. The van der Waals surface area contributed by atoms with Gasteiger partial charge in [-0.1, -0.05) is 6.07 Å². The van der Waals surface area contributed by atoms with Crippen molar-refractivity contribution in [1.82, 2.24) is 9.88 Å². The van der Waals surface area contributed by atoms with Crippen molar-refractivity contribution in [3.63, 3.8) is 0 Å². The lowest BCUT2D eigenvalue weighted by molar-refractivity contribution is 0.203. The van der Waals surface area contributed by atoms with Gasteiger partial charge in [0, 0.05) is 42.4 Å². The Hall–Kier alpha value is -1.39. The first-order valence-corrected chi connectivity index (χ1v) is 8.02. The van der Waals surface area contributed by atoms with Gasteiger partial charge in [0.1, 0.15) is 0 Å². The normalized spacial score (nSPS) is 11.2. The highest BCUT2D eigenvalue weighted by Gasteiger charge is 2.12. The molecule has 0 aromatic carbocycles. The average molecular weight is 289 g/mol. The molecule has 0 aliphatic rings. The monoisotopic (exact) mass is 289 g/mol. The third kappa shape index (κ3) is 4.32. The van der Waals surface area contributed by atoms with Gasteiger partial charge in [-0.3, -0.25) is 9.88 Å². The number of hydrogen-bond acceptors (Lipinski definition) is 4. The molecule has 0 saturated heterocycles. The molecule has 0 bridgehead atoms. The van der Waals surface area contributed by atoms with E-state index in [0.717, 1.165) is 31.0 Å². The van der Waals surface area contributed by atoms with Crippen LogP contribution in [0.4, 0.5) is 5.69 Å². The minimum atomic E-state index is 0.502. The van der Waals surface area contributed by atoms with Crippen LogP contribution in [0.2, 0.25) is 0 Å². The number of nitrogens with zero attached hydrogens (tertiary/aromatic N) is 2. The summed E-state index contributed by atoms with van der Waals surface area (Å²) in [5.41, 5.74) is 2.27. The van der Waals surface area contributed by atoms with Gasteiger partial charge in [0.05, 0.1) is 5.69 Å². The topological polar surface area (TPSA) is 28.2 Å². The van der Waals surface area contributed by atoms with E-state index in [-0.39, 0.29) is 0 Å². The second-order valence-corrected chi connectivity index (χ2v) is 6.18. The number of anilines is 1. The molecule has 2 heterocycles. The van der Waals surface area contributed by atoms with Crippen molar-refractivity contribution in [3.8, 4) is 0 Å². The Labute approximate surface area is 125 Å². The molecule has 2 aromatic rings. The first kappa shape index (κ1) is 15.0. The smallest absolute Gasteiger partial charge is 0.0564 e. The van der Waals surface area contributed by atoms with Gasteiger partial charge in [0.2, 0.25) is 0 Å². The summed E-state index contributed by atoms with van der Waals surface area (Å²) in [7, 11) is 0. The van der Waals surface area contributed by atoms with Crippen LogP contribution in [0.25, 0.3) is 0 Å². The lowest BCUT2D eigenvalue weighted by Crippen LogP contribution is -2.29. The van der Waals surface area contributed by atoms with E-state index in [4.69, 9.17) is 0 Å². The van der Waals surface area contributed by atoms with E-state index in [9.17, 15) is 0 Å².